The van der Waals surface area contributed by atoms with Gasteiger partial charge in [0.25, 0.3) is 0 Å². The molecule has 0 spiro atoms. The summed E-state index contributed by atoms with van der Waals surface area (Å²) in [5, 5.41) is 21.7. The Morgan fingerprint density at radius 3 is 2.31 bits per heavy atom. The van der Waals surface area contributed by atoms with Gasteiger partial charge in [-0.05, 0) is 24.2 Å². The van der Waals surface area contributed by atoms with Crippen molar-refractivity contribution in [2.45, 2.75) is 96.7 Å². The third-order valence-corrected chi connectivity index (χ3v) is 9.46. The molecule has 11 nitrogen and oxygen atoms in total. The minimum absolute atomic E-state index is 0.104. The third-order valence-electron chi connectivity index (χ3n) is 5.15. The molecule has 1 rings (SSSR count). The van der Waals surface area contributed by atoms with Gasteiger partial charge in [-0.15, -0.1) is 0 Å². The first-order valence-corrected chi connectivity index (χ1v) is 15.7. The van der Waals surface area contributed by atoms with E-state index in [0.29, 0.717) is 6.61 Å². The Morgan fingerprint density at radius 2 is 1.69 bits per heavy atom. The van der Waals surface area contributed by atoms with E-state index in [4.69, 9.17) is 20.9 Å². The molecule has 1 aromatic heterocycles. The molecule has 0 saturated carbocycles. The first-order chi connectivity index (χ1) is 17.1. The van der Waals surface area contributed by atoms with Crippen molar-refractivity contribution in [3.05, 3.63) is 31.4 Å². The summed E-state index contributed by atoms with van der Waals surface area (Å²) in [6, 6.07) is 0.733. The third kappa shape index (κ3) is 12.4. The molecule has 0 fully saturated rings. The summed E-state index contributed by atoms with van der Waals surface area (Å²) in [6.45, 7) is 2.67. The van der Waals surface area contributed by atoms with Gasteiger partial charge in [-0.2, -0.15) is 9.75 Å². The Bertz CT molecular complexity index is 923. The minimum atomic E-state index is -3.89. The number of nitrogens with zero attached hydrogens (tertiary/aromatic N) is 4. The molecule has 204 valence electrons. The topological polar surface area (TPSA) is 147 Å². The smallest absolute Gasteiger partial charge is 0.424 e. The predicted molar refractivity (Wildman–Crippen MR) is 144 cm³/mol. The normalized spacial score (nSPS) is 13.9. The fourth-order valence-electron chi connectivity index (χ4n) is 3.27. The van der Waals surface area contributed by atoms with Gasteiger partial charge in [0, 0.05) is 5.25 Å². The summed E-state index contributed by atoms with van der Waals surface area (Å²) in [6.07, 6.45) is 12.5. The second-order valence-corrected chi connectivity index (χ2v) is 13.1. The molecule has 0 radical (unpaired) electrons. The van der Waals surface area contributed by atoms with Crippen LogP contribution in [0.2, 0.25) is 5.15 Å². The van der Waals surface area contributed by atoms with Crippen LogP contribution in [-0.4, -0.2) is 33.1 Å². The van der Waals surface area contributed by atoms with Crippen LogP contribution in [0.4, 0.5) is 11.4 Å². The van der Waals surface area contributed by atoms with Gasteiger partial charge in [-0.3, -0.25) is 20.2 Å². The van der Waals surface area contributed by atoms with Gasteiger partial charge in [0.1, 0.15) is 0 Å². The summed E-state index contributed by atoms with van der Waals surface area (Å²) < 4.78 is 28.5. The molecule has 0 aliphatic rings. The van der Waals surface area contributed by atoms with Gasteiger partial charge < -0.3 is 9.26 Å². The zero-order valence-electron chi connectivity index (χ0n) is 21.1. The fraction of sp³-hybridized carbons (Fsp3) is 0.727. The largest absolute Gasteiger partial charge is 0.483 e. The Hall–Kier alpha value is -1.91. The second kappa shape index (κ2) is 17.5. The van der Waals surface area contributed by atoms with Crippen molar-refractivity contribution >= 4 is 47.5 Å². The molecule has 0 bridgehead atoms. The van der Waals surface area contributed by atoms with Gasteiger partial charge in [-0.1, -0.05) is 90.2 Å². The standard InChI is InChI=1S/C22H36ClN4O7PS/c1-4-6-8-10-11-12-14-18(3)36-35(32,24-17-33-15-13-9-7-5-2)34-20-16-19(26(28)29)21(27(30)31)22(23)25-20/h16-18H,4-15H2,1-3H3. The molecule has 1 aromatic rings. The number of nitro groups is 2. The lowest BCUT2D eigenvalue weighted by Gasteiger charge is -2.17. The van der Waals surface area contributed by atoms with Crippen molar-refractivity contribution < 1.29 is 23.7 Å². The van der Waals surface area contributed by atoms with Gasteiger partial charge in [0.05, 0.1) is 22.5 Å². The van der Waals surface area contributed by atoms with Gasteiger partial charge in [-0.25, -0.2) is 4.57 Å². The van der Waals surface area contributed by atoms with Crippen molar-refractivity contribution in [2.24, 2.45) is 4.76 Å². The fourth-order valence-corrected chi connectivity index (χ4v) is 7.22. The van der Waals surface area contributed by atoms with Crippen LogP contribution in [0.15, 0.2) is 10.8 Å². The highest BCUT2D eigenvalue weighted by Gasteiger charge is 2.34. The van der Waals surface area contributed by atoms with E-state index in [1.807, 2.05) is 6.92 Å². The van der Waals surface area contributed by atoms with Crippen LogP contribution in [0.1, 0.15) is 91.4 Å². The lowest BCUT2D eigenvalue weighted by Crippen LogP contribution is -2.03. The number of ether oxygens (including phenoxy) is 1. The number of hydrogen-bond donors (Lipinski definition) is 0. The molecule has 0 aliphatic carbocycles. The molecule has 1 heterocycles. The molecule has 2 atom stereocenters. The predicted octanol–water partition coefficient (Wildman–Crippen LogP) is 8.54. The Kier molecular flexibility index (Phi) is 15.6. The quantitative estimate of drug-likeness (QED) is 0.0288. The molecular weight excluding hydrogens is 531 g/mol. The maximum atomic E-state index is 13.6. The number of hydrogen-bond acceptors (Lipinski definition) is 9. The zero-order chi connectivity index (χ0) is 27.0. The average Bonchev–Trinajstić information content (AvgIpc) is 2.79. The molecule has 14 heteroatoms. The monoisotopic (exact) mass is 566 g/mol. The molecule has 0 N–H and O–H groups in total. The summed E-state index contributed by atoms with van der Waals surface area (Å²) in [5.41, 5.74) is -1.88. The summed E-state index contributed by atoms with van der Waals surface area (Å²) in [7, 11) is 0. The van der Waals surface area contributed by atoms with E-state index >= 15 is 0 Å². The van der Waals surface area contributed by atoms with Crippen LogP contribution < -0.4 is 4.52 Å². The highest BCUT2D eigenvalue weighted by Crippen LogP contribution is 2.62. The number of unbranched alkanes of at least 4 members (excludes halogenated alkanes) is 8. The number of aromatic nitrogens is 1. The second-order valence-electron chi connectivity index (χ2n) is 8.32. The Labute approximate surface area is 221 Å². The van der Waals surface area contributed by atoms with E-state index in [1.54, 1.807) is 0 Å². The SMILES string of the molecule is CCCCCCCCC(C)SP(=O)(N=COCCCCCC)Oc1cc([N+](=O)[O-])c([N+](=O)[O-])c(Cl)n1. The Balaban J connectivity index is 2.99. The Morgan fingerprint density at radius 1 is 1.08 bits per heavy atom. The van der Waals surface area contributed by atoms with Crippen LogP contribution in [0.5, 0.6) is 5.88 Å². The van der Waals surface area contributed by atoms with Crippen molar-refractivity contribution in [1.29, 1.82) is 0 Å². The van der Waals surface area contributed by atoms with E-state index in [-0.39, 0.29) is 5.25 Å². The zero-order valence-corrected chi connectivity index (χ0v) is 23.6. The van der Waals surface area contributed by atoms with Gasteiger partial charge >= 0.3 is 18.1 Å². The lowest BCUT2D eigenvalue weighted by atomic mass is 10.1. The van der Waals surface area contributed by atoms with E-state index in [0.717, 1.165) is 75.2 Å². The molecule has 0 saturated heterocycles. The molecule has 0 aliphatic heterocycles. The van der Waals surface area contributed by atoms with E-state index in [1.165, 1.54) is 19.3 Å². The first kappa shape index (κ1) is 32.1. The summed E-state index contributed by atoms with van der Waals surface area (Å²) in [5.74, 6) is -0.486. The van der Waals surface area contributed by atoms with Crippen LogP contribution in [0.3, 0.4) is 0 Å². The highest BCUT2D eigenvalue weighted by molar-refractivity contribution is 8.56. The molecule has 0 amide bonds. The van der Waals surface area contributed by atoms with Crippen molar-refractivity contribution in [3.8, 4) is 5.88 Å². The molecule has 2 unspecified atom stereocenters. The van der Waals surface area contributed by atoms with Crippen LogP contribution in [0, 0.1) is 20.2 Å². The maximum Gasteiger partial charge on any atom is 0.424 e. The van der Waals surface area contributed by atoms with Crippen LogP contribution >= 0.6 is 29.7 Å². The minimum Gasteiger partial charge on any atom is -0.483 e. The molecule has 0 aromatic carbocycles. The average molecular weight is 567 g/mol. The maximum absolute atomic E-state index is 13.6. The van der Waals surface area contributed by atoms with Crippen LogP contribution in [-0.2, 0) is 9.30 Å². The summed E-state index contributed by atoms with van der Waals surface area (Å²) in [4.78, 5) is 24.3. The lowest BCUT2D eigenvalue weighted by molar-refractivity contribution is -0.422. The first-order valence-electron chi connectivity index (χ1n) is 12.3. The highest BCUT2D eigenvalue weighted by atomic mass is 35.5. The van der Waals surface area contributed by atoms with E-state index < -0.39 is 39.0 Å². The molecular formula is C22H36ClN4O7PS. The number of pyridine rings is 1. The number of rotatable bonds is 20. The van der Waals surface area contributed by atoms with Crippen molar-refractivity contribution in [3.63, 3.8) is 0 Å². The van der Waals surface area contributed by atoms with E-state index in [2.05, 4.69) is 23.6 Å². The van der Waals surface area contributed by atoms with Gasteiger partial charge in [0.15, 0.2) is 6.40 Å². The van der Waals surface area contributed by atoms with Crippen LogP contribution in [0.25, 0.3) is 0 Å². The molecule has 36 heavy (non-hydrogen) atoms. The van der Waals surface area contributed by atoms with E-state index in [9.17, 15) is 24.8 Å². The van der Waals surface area contributed by atoms with Crippen molar-refractivity contribution in [2.75, 3.05) is 6.61 Å². The summed E-state index contributed by atoms with van der Waals surface area (Å²) >= 11 is 6.80. The number of halogens is 1. The van der Waals surface area contributed by atoms with Gasteiger partial charge in [0.2, 0.25) is 11.0 Å². The van der Waals surface area contributed by atoms with Crippen molar-refractivity contribution in [1.82, 2.24) is 4.98 Å².